The van der Waals surface area contributed by atoms with E-state index in [0.717, 1.165) is 0 Å². The summed E-state index contributed by atoms with van der Waals surface area (Å²) in [6, 6.07) is 5.85. The van der Waals surface area contributed by atoms with Gasteiger partial charge in [0.1, 0.15) is 23.1 Å². The molecular weight excluding hydrogens is 432 g/mol. The number of rotatable bonds is 8. The Kier molecular flexibility index (Phi) is 7.14. The lowest BCUT2D eigenvalue weighted by molar-refractivity contribution is -0.578. The first-order chi connectivity index (χ1) is 15.6. The fraction of sp³-hybridized carbons (Fsp3) is 0.364. The third kappa shape index (κ3) is 5.76. The number of hydrogen-bond donors (Lipinski definition) is 4. The van der Waals surface area contributed by atoms with Gasteiger partial charge in [0.15, 0.2) is 0 Å². The molecule has 176 valence electrons. The third-order valence-electron chi connectivity index (χ3n) is 4.53. The zero-order valence-electron chi connectivity index (χ0n) is 18.6. The lowest BCUT2D eigenvalue weighted by Gasteiger charge is -2.25. The first-order valence-corrected chi connectivity index (χ1v) is 10.3. The number of aromatic carboxylic acids is 1. The van der Waals surface area contributed by atoms with Gasteiger partial charge >= 0.3 is 17.7 Å². The molecule has 1 amide bonds. The molecule has 3 aromatic rings. The van der Waals surface area contributed by atoms with Crippen LogP contribution in [0.15, 0.2) is 36.7 Å². The Hall–Kier alpha value is -3.70. The molecule has 0 aliphatic carbocycles. The lowest BCUT2D eigenvalue weighted by Crippen LogP contribution is -2.40. The third-order valence-corrected chi connectivity index (χ3v) is 4.53. The van der Waals surface area contributed by atoms with Crippen LogP contribution in [0, 0.1) is 0 Å². The second kappa shape index (κ2) is 9.84. The van der Waals surface area contributed by atoms with Crippen molar-refractivity contribution in [2.75, 3.05) is 31.3 Å². The van der Waals surface area contributed by atoms with Gasteiger partial charge in [-0.1, -0.05) is 6.07 Å². The van der Waals surface area contributed by atoms with Crippen LogP contribution in [0.2, 0.25) is 0 Å². The molecular formula is C22H27N4O7+. The Morgan fingerprint density at radius 1 is 1.21 bits per heavy atom. The first kappa shape index (κ1) is 24.0. The minimum Gasteiger partial charge on any atom is -0.507 e. The van der Waals surface area contributed by atoms with Crippen molar-refractivity contribution < 1.29 is 38.9 Å². The summed E-state index contributed by atoms with van der Waals surface area (Å²) in [5.74, 6) is -1.29. The van der Waals surface area contributed by atoms with Crippen molar-refractivity contribution >= 4 is 23.5 Å². The predicted octanol–water partition coefficient (Wildman–Crippen LogP) is 1.97. The Bertz CT molecular complexity index is 1150. The van der Waals surface area contributed by atoms with Crippen molar-refractivity contribution in [2.45, 2.75) is 26.4 Å². The van der Waals surface area contributed by atoms with E-state index in [-0.39, 0.29) is 37.7 Å². The number of aromatic amines is 1. The van der Waals surface area contributed by atoms with E-state index >= 15 is 0 Å². The van der Waals surface area contributed by atoms with E-state index in [1.54, 1.807) is 49.8 Å². The number of aliphatic hydroxyl groups is 1. The Labute approximate surface area is 189 Å². The van der Waals surface area contributed by atoms with Crippen molar-refractivity contribution in [3.8, 4) is 16.9 Å². The molecule has 0 bridgehead atoms. The maximum absolute atomic E-state index is 12.9. The fourth-order valence-electron chi connectivity index (χ4n) is 3.09. The van der Waals surface area contributed by atoms with Gasteiger partial charge in [0.05, 0.1) is 38.1 Å². The molecule has 11 heteroatoms. The number of aromatic nitrogens is 3. The van der Waals surface area contributed by atoms with Crippen LogP contribution in [0.3, 0.4) is 0 Å². The molecule has 33 heavy (non-hydrogen) atoms. The number of aromatic hydroxyl groups is 1. The van der Waals surface area contributed by atoms with E-state index < -0.39 is 17.7 Å². The maximum atomic E-state index is 12.9. The average Bonchev–Trinajstić information content (AvgIpc) is 3.15. The van der Waals surface area contributed by atoms with Gasteiger partial charge in [0.25, 0.3) is 5.82 Å². The van der Waals surface area contributed by atoms with Crippen LogP contribution in [0.4, 0.5) is 10.6 Å². The van der Waals surface area contributed by atoms with E-state index in [2.05, 4.69) is 10.1 Å². The SMILES string of the molecule is CC(C)(C)OC(=O)N(CCOCCO)c1cc[n+]2[nH]cc(-c3ccc(C(=O)O)c(O)c3)c2n1. The number of carbonyl (C=O) groups excluding carboxylic acids is 1. The standard InChI is InChI=1S/C22H26N4O7/c1-22(2,3)33-21(31)25(8-10-32-11-9-27)18-6-7-26-19(24-18)16(13-23-26)14-4-5-15(20(29)30)17(28)12-14/h4-7,12-13,27H,8-11H2,1-3H3,(H2,28,29,30)/p+1. The highest BCUT2D eigenvalue weighted by atomic mass is 16.6. The number of nitrogens with zero attached hydrogens (tertiary/aromatic N) is 3. The second-order valence-corrected chi connectivity index (χ2v) is 8.17. The van der Waals surface area contributed by atoms with Crippen molar-refractivity contribution in [2.24, 2.45) is 0 Å². The van der Waals surface area contributed by atoms with Crippen molar-refractivity contribution in [3.05, 3.63) is 42.2 Å². The summed E-state index contributed by atoms with van der Waals surface area (Å²) in [5, 5.41) is 31.1. The summed E-state index contributed by atoms with van der Waals surface area (Å²) < 4.78 is 12.4. The summed E-state index contributed by atoms with van der Waals surface area (Å²) in [6.07, 6.45) is 2.73. The van der Waals surface area contributed by atoms with E-state index in [0.29, 0.717) is 22.6 Å². The summed E-state index contributed by atoms with van der Waals surface area (Å²) in [4.78, 5) is 30.0. The Morgan fingerprint density at radius 2 is 1.97 bits per heavy atom. The van der Waals surface area contributed by atoms with Gasteiger partial charge in [-0.25, -0.2) is 19.6 Å². The maximum Gasteiger partial charge on any atom is 0.417 e. The summed E-state index contributed by atoms with van der Waals surface area (Å²) in [6.45, 7) is 5.60. The average molecular weight is 459 g/mol. The number of H-pyrrole nitrogens is 1. The van der Waals surface area contributed by atoms with Gasteiger partial charge in [-0.05, 0) is 43.5 Å². The lowest BCUT2D eigenvalue weighted by atomic mass is 10.1. The molecule has 0 aliphatic rings. The van der Waals surface area contributed by atoms with Crippen molar-refractivity contribution in [1.29, 1.82) is 0 Å². The van der Waals surface area contributed by atoms with Crippen LogP contribution in [-0.4, -0.2) is 69.4 Å². The monoisotopic (exact) mass is 459 g/mol. The molecule has 1 aromatic carbocycles. The number of hydrogen-bond acceptors (Lipinski definition) is 7. The fourth-order valence-corrected chi connectivity index (χ4v) is 3.09. The number of phenols is 1. The minimum atomic E-state index is -1.23. The topological polar surface area (TPSA) is 149 Å². The number of carbonyl (C=O) groups is 2. The molecule has 3 rings (SSSR count). The molecule has 0 radical (unpaired) electrons. The van der Waals surface area contributed by atoms with Crippen molar-refractivity contribution in [1.82, 2.24) is 10.1 Å². The largest absolute Gasteiger partial charge is 0.507 e. The van der Waals surface area contributed by atoms with Gasteiger partial charge in [-0.15, -0.1) is 4.52 Å². The number of aliphatic hydroxyl groups excluding tert-OH is 1. The highest BCUT2D eigenvalue weighted by Gasteiger charge is 2.28. The first-order valence-electron chi connectivity index (χ1n) is 10.3. The number of benzene rings is 1. The quantitative estimate of drug-likeness (QED) is 0.295. The van der Waals surface area contributed by atoms with Crippen LogP contribution in [0.25, 0.3) is 16.8 Å². The van der Waals surface area contributed by atoms with E-state index in [1.165, 1.54) is 17.0 Å². The number of amides is 1. The number of carboxylic acid groups (broad SMARTS) is 1. The highest BCUT2D eigenvalue weighted by Crippen LogP contribution is 2.28. The molecule has 0 fully saturated rings. The molecule has 4 N–H and O–H groups in total. The number of anilines is 1. The van der Waals surface area contributed by atoms with E-state index in [4.69, 9.17) is 19.7 Å². The van der Waals surface area contributed by atoms with Crippen LogP contribution < -0.4 is 9.42 Å². The van der Waals surface area contributed by atoms with Gasteiger partial charge in [-0.2, -0.15) is 0 Å². The molecule has 0 saturated carbocycles. The summed E-state index contributed by atoms with van der Waals surface area (Å²) >= 11 is 0. The molecule has 2 aromatic heterocycles. The van der Waals surface area contributed by atoms with E-state index in [1.807, 2.05) is 0 Å². The summed E-state index contributed by atoms with van der Waals surface area (Å²) in [7, 11) is 0. The zero-order valence-corrected chi connectivity index (χ0v) is 18.6. The highest BCUT2D eigenvalue weighted by molar-refractivity contribution is 5.92. The van der Waals surface area contributed by atoms with E-state index in [9.17, 15) is 14.7 Å². The number of fused-ring (bicyclic) bond motifs is 1. The number of ether oxygens (including phenoxy) is 2. The van der Waals surface area contributed by atoms with Gasteiger partial charge in [0, 0.05) is 6.07 Å². The van der Waals surface area contributed by atoms with Crippen LogP contribution in [-0.2, 0) is 9.47 Å². The predicted molar refractivity (Wildman–Crippen MR) is 117 cm³/mol. The normalized spacial score (nSPS) is 11.5. The molecule has 11 nitrogen and oxygen atoms in total. The van der Waals surface area contributed by atoms with Crippen LogP contribution >= 0.6 is 0 Å². The Morgan fingerprint density at radius 3 is 2.61 bits per heavy atom. The van der Waals surface area contributed by atoms with Gasteiger partial charge in [0.2, 0.25) is 0 Å². The van der Waals surface area contributed by atoms with Crippen LogP contribution in [0.5, 0.6) is 5.75 Å². The molecule has 0 atom stereocenters. The molecule has 2 heterocycles. The van der Waals surface area contributed by atoms with Gasteiger partial charge in [-0.3, -0.25) is 0 Å². The van der Waals surface area contributed by atoms with Gasteiger partial charge < -0.3 is 24.8 Å². The summed E-state index contributed by atoms with van der Waals surface area (Å²) in [5.41, 5.74) is 0.641. The Balaban J connectivity index is 1.99. The number of carboxylic acids is 1. The molecule has 0 aliphatic heterocycles. The zero-order chi connectivity index (χ0) is 24.2. The molecule has 0 spiro atoms. The molecule has 0 unspecified atom stereocenters. The van der Waals surface area contributed by atoms with Crippen molar-refractivity contribution in [3.63, 3.8) is 0 Å². The minimum absolute atomic E-state index is 0.131. The van der Waals surface area contributed by atoms with Crippen LogP contribution in [0.1, 0.15) is 31.1 Å². The number of nitrogens with one attached hydrogen (secondary N) is 1. The molecule has 0 saturated heterocycles. The smallest absolute Gasteiger partial charge is 0.417 e. The second-order valence-electron chi connectivity index (χ2n) is 8.17.